The zero-order valence-electron chi connectivity index (χ0n) is 16.5. The van der Waals surface area contributed by atoms with E-state index >= 15 is 0 Å². The normalized spacial score (nSPS) is 16.1. The number of hydrogen-bond donors (Lipinski definition) is 1. The average Bonchev–Trinajstić information content (AvgIpc) is 3.16. The summed E-state index contributed by atoms with van der Waals surface area (Å²) in [5, 5.41) is 4.01. The van der Waals surface area contributed by atoms with Gasteiger partial charge in [-0.3, -0.25) is 4.79 Å². The van der Waals surface area contributed by atoms with E-state index in [2.05, 4.69) is 17.2 Å². The minimum atomic E-state index is -3.58. The molecule has 0 aliphatic carbocycles. The molecule has 2 heterocycles. The van der Waals surface area contributed by atoms with Crippen LogP contribution in [0.1, 0.15) is 25.3 Å². The molecule has 9 heteroatoms. The van der Waals surface area contributed by atoms with Crippen molar-refractivity contribution in [3.63, 3.8) is 0 Å². The number of carbonyl (C=O) groups excluding carboxylic acids is 1. The summed E-state index contributed by atoms with van der Waals surface area (Å²) in [6, 6.07) is 12.2. The first kappa shape index (κ1) is 21.2. The molecule has 4 rings (SSSR count). The largest absolute Gasteiger partial charge is 0.302 e. The summed E-state index contributed by atoms with van der Waals surface area (Å²) in [6.07, 6.45) is 1.84. The van der Waals surface area contributed by atoms with Gasteiger partial charge in [0.1, 0.15) is 0 Å². The molecule has 1 aromatic heterocycles. The van der Waals surface area contributed by atoms with Gasteiger partial charge in [0, 0.05) is 24.0 Å². The molecule has 1 fully saturated rings. The molecule has 6 nitrogen and oxygen atoms in total. The zero-order chi connectivity index (χ0) is 21.3. The Bertz CT molecular complexity index is 1170. The summed E-state index contributed by atoms with van der Waals surface area (Å²) in [5.74, 6) is -0.338. The van der Waals surface area contributed by atoms with Crippen LogP contribution in [-0.2, 0) is 21.2 Å². The molecule has 1 aliphatic rings. The number of fused-ring (bicyclic) bond motifs is 1. The first-order valence-electron chi connectivity index (χ1n) is 9.83. The Morgan fingerprint density at radius 2 is 1.90 bits per heavy atom. The Hall–Kier alpha value is -2.00. The summed E-state index contributed by atoms with van der Waals surface area (Å²) in [5.41, 5.74) is 2.09. The highest BCUT2D eigenvalue weighted by Gasteiger charge is 2.32. The molecule has 0 spiro atoms. The van der Waals surface area contributed by atoms with Crippen molar-refractivity contribution in [2.24, 2.45) is 5.92 Å². The van der Waals surface area contributed by atoms with Crippen LogP contribution in [0.4, 0.5) is 5.13 Å². The summed E-state index contributed by atoms with van der Waals surface area (Å²) < 4.78 is 28.1. The predicted octanol–water partition coefficient (Wildman–Crippen LogP) is 4.55. The monoisotopic (exact) mass is 463 g/mol. The maximum Gasteiger partial charge on any atom is 0.243 e. The summed E-state index contributed by atoms with van der Waals surface area (Å²) in [6.45, 7) is 2.70. The standard InChI is InChI=1S/C21H22ClN3O3S2/c1-2-14-4-3-5-18-19(14)23-21(29-18)24-20(26)15-10-12-25(13-11-15)30(27,28)17-8-6-16(22)7-9-17/h3-9,15H,2,10-13H2,1H3,(H,23,24,26). The van der Waals surface area contributed by atoms with Crippen molar-refractivity contribution in [2.75, 3.05) is 18.4 Å². The number of nitrogens with one attached hydrogen (secondary N) is 1. The number of carbonyl (C=O) groups is 1. The third-order valence-electron chi connectivity index (χ3n) is 5.39. The smallest absolute Gasteiger partial charge is 0.243 e. The zero-order valence-corrected chi connectivity index (χ0v) is 18.9. The van der Waals surface area contributed by atoms with Gasteiger partial charge >= 0.3 is 0 Å². The van der Waals surface area contributed by atoms with Crippen LogP contribution in [-0.4, -0.2) is 36.7 Å². The number of sulfonamides is 1. The van der Waals surface area contributed by atoms with E-state index in [-0.39, 0.29) is 16.7 Å². The number of anilines is 1. The Labute approximate surface area is 184 Å². The maximum absolute atomic E-state index is 12.8. The lowest BCUT2D eigenvalue weighted by molar-refractivity contribution is -0.120. The van der Waals surface area contributed by atoms with Crippen LogP contribution in [0.5, 0.6) is 0 Å². The first-order chi connectivity index (χ1) is 14.4. The second-order valence-electron chi connectivity index (χ2n) is 7.26. The van der Waals surface area contributed by atoms with Gasteiger partial charge in [0.05, 0.1) is 15.1 Å². The van der Waals surface area contributed by atoms with Gasteiger partial charge in [-0.1, -0.05) is 42.0 Å². The summed E-state index contributed by atoms with van der Waals surface area (Å²) in [4.78, 5) is 17.5. The van der Waals surface area contributed by atoms with E-state index in [1.54, 1.807) is 12.1 Å². The number of aryl methyl sites for hydroxylation is 1. The lowest BCUT2D eigenvalue weighted by Crippen LogP contribution is -2.41. The van der Waals surface area contributed by atoms with E-state index in [4.69, 9.17) is 11.6 Å². The van der Waals surface area contributed by atoms with Gasteiger partial charge in [0.2, 0.25) is 15.9 Å². The number of thiazole rings is 1. The van der Waals surface area contributed by atoms with Crippen molar-refractivity contribution in [3.8, 4) is 0 Å². The SMILES string of the molecule is CCc1cccc2sc(NC(=O)C3CCN(S(=O)(=O)c4ccc(Cl)cc4)CC3)nc12. The molecule has 30 heavy (non-hydrogen) atoms. The van der Waals surface area contributed by atoms with Gasteiger partial charge in [0.25, 0.3) is 0 Å². The number of hydrogen-bond acceptors (Lipinski definition) is 5. The van der Waals surface area contributed by atoms with E-state index in [0.29, 0.717) is 36.1 Å². The van der Waals surface area contributed by atoms with Crippen molar-refractivity contribution in [3.05, 3.63) is 53.1 Å². The molecule has 1 amide bonds. The van der Waals surface area contributed by atoms with Gasteiger partial charge in [-0.25, -0.2) is 13.4 Å². The van der Waals surface area contributed by atoms with E-state index < -0.39 is 10.0 Å². The maximum atomic E-state index is 12.8. The van der Waals surface area contributed by atoms with Crippen molar-refractivity contribution in [1.82, 2.24) is 9.29 Å². The molecule has 0 unspecified atom stereocenters. The molecule has 0 bridgehead atoms. The topological polar surface area (TPSA) is 79.4 Å². The lowest BCUT2D eigenvalue weighted by Gasteiger charge is -2.30. The first-order valence-corrected chi connectivity index (χ1v) is 12.5. The molecule has 1 saturated heterocycles. The highest BCUT2D eigenvalue weighted by Crippen LogP contribution is 2.30. The third kappa shape index (κ3) is 4.23. The van der Waals surface area contributed by atoms with Crippen LogP contribution in [0, 0.1) is 5.92 Å². The average molecular weight is 464 g/mol. The van der Waals surface area contributed by atoms with Gasteiger partial charge < -0.3 is 5.32 Å². The number of para-hydroxylation sites is 1. The molecular weight excluding hydrogens is 442 g/mol. The predicted molar refractivity (Wildman–Crippen MR) is 121 cm³/mol. The number of aromatic nitrogens is 1. The molecule has 0 atom stereocenters. The second-order valence-corrected chi connectivity index (χ2v) is 10.7. The Morgan fingerprint density at radius 1 is 1.20 bits per heavy atom. The van der Waals surface area contributed by atoms with E-state index in [9.17, 15) is 13.2 Å². The van der Waals surface area contributed by atoms with E-state index in [1.165, 1.54) is 27.8 Å². The molecule has 158 valence electrons. The second kappa shape index (κ2) is 8.63. The highest BCUT2D eigenvalue weighted by molar-refractivity contribution is 7.89. The summed E-state index contributed by atoms with van der Waals surface area (Å²) >= 11 is 7.32. The number of rotatable bonds is 5. The van der Waals surface area contributed by atoms with E-state index in [1.807, 2.05) is 18.2 Å². The minimum Gasteiger partial charge on any atom is -0.302 e. The van der Waals surface area contributed by atoms with Crippen LogP contribution in [0.25, 0.3) is 10.2 Å². The molecular formula is C21H22ClN3O3S2. The Balaban J connectivity index is 1.40. The van der Waals surface area contributed by atoms with Crippen molar-refractivity contribution >= 4 is 54.2 Å². The number of amides is 1. The number of piperidine rings is 1. The quantitative estimate of drug-likeness (QED) is 0.601. The molecule has 1 aliphatic heterocycles. The molecule has 3 aromatic rings. The Morgan fingerprint density at radius 3 is 2.57 bits per heavy atom. The van der Waals surface area contributed by atoms with Crippen LogP contribution >= 0.6 is 22.9 Å². The van der Waals surface area contributed by atoms with Gasteiger partial charge in [0.15, 0.2) is 5.13 Å². The fraction of sp³-hybridized carbons (Fsp3) is 0.333. The molecule has 0 radical (unpaired) electrons. The van der Waals surface area contributed by atoms with Gasteiger partial charge in [-0.15, -0.1) is 0 Å². The molecule has 0 saturated carbocycles. The van der Waals surface area contributed by atoms with Crippen molar-refractivity contribution < 1.29 is 13.2 Å². The van der Waals surface area contributed by atoms with Crippen LogP contribution in [0.3, 0.4) is 0 Å². The molecule has 2 aromatic carbocycles. The van der Waals surface area contributed by atoms with Gasteiger partial charge in [-0.05, 0) is 55.2 Å². The van der Waals surface area contributed by atoms with Gasteiger partial charge in [-0.2, -0.15) is 4.31 Å². The lowest BCUT2D eigenvalue weighted by atomic mass is 9.97. The third-order valence-corrected chi connectivity index (χ3v) is 8.49. The van der Waals surface area contributed by atoms with Crippen molar-refractivity contribution in [1.29, 1.82) is 0 Å². The fourth-order valence-electron chi connectivity index (χ4n) is 3.67. The number of benzene rings is 2. The van der Waals surface area contributed by atoms with Crippen LogP contribution < -0.4 is 5.32 Å². The molecule has 1 N–H and O–H groups in total. The number of nitrogens with zero attached hydrogens (tertiary/aromatic N) is 2. The Kier molecular flexibility index (Phi) is 6.11. The van der Waals surface area contributed by atoms with Crippen LogP contribution in [0.2, 0.25) is 5.02 Å². The van der Waals surface area contributed by atoms with Crippen molar-refractivity contribution in [2.45, 2.75) is 31.1 Å². The fourth-order valence-corrected chi connectivity index (χ4v) is 6.18. The minimum absolute atomic E-state index is 0.101. The highest BCUT2D eigenvalue weighted by atomic mass is 35.5. The summed E-state index contributed by atoms with van der Waals surface area (Å²) in [7, 11) is -3.58. The number of halogens is 1. The van der Waals surface area contributed by atoms with Crippen LogP contribution in [0.15, 0.2) is 47.4 Å². The van der Waals surface area contributed by atoms with E-state index in [0.717, 1.165) is 22.2 Å².